The van der Waals surface area contributed by atoms with Gasteiger partial charge in [-0.15, -0.1) is 11.6 Å². The van der Waals surface area contributed by atoms with E-state index in [4.69, 9.17) is 11.6 Å². The molecule has 0 saturated heterocycles. The number of alkyl halides is 2. The van der Waals surface area contributed by atoms with Crippen LogP contribution in [0.1, 0.15) is 44.6 Å². The average molecular weight is 318 g/mol. The second-order valence-electron chi connectivity index (χ2n) is 4.60. The van der Waals surface area contributed by atoms with Crippen molar-refractivity contribution in [2.75, 3.05) is 0 Å². The van der Waals surface area contributed by atoms with E-state index in [1.165, 1.54) is 31.2 Å². The fourth-order valence-corrected chi connectivity index (χ4v) is 3.10. The molecule has 0 radical (unpaired) electrons. The van der Waals surface area contributed by atoms with Gasteiger partial charge in [0.1, 0.15) is 0 Å². The molecule has 0 nitrogen and oxygen atoms in total. The second kappa shape index (κ2) is 8.99. The van der Waals surface area contributed by atoms with Crippen LogP contribution in [-0.2, 0) is 6.42 Å². The Balaban J connectivity index is 2.15. The van der Waals surface area contributed by atoms with E-state index >= 15 is 0 Å². The Morgan fingerprint density at radius 2 is 1.82 bits per heavy atom. The van der Waals surface area contributed by atoms with Crippen LogP contribution in [0.2, 0.25) is 0 Å². The molecule has 0 aliphatic heterocycles. The summed E-state index contributed by atoms with van der Waals surface area (Å²) in [5.41, 5.74) is 1.34. The minimum atomic E-state index is 0.277. The maximum Gasteiger partial charge on any atom is 0.0376 e. The smallest absolute Gasteiger partial charge is 0.0376 e. The first-order valence-corrected chi connectivity index (χ1v) is 7.89. The Morgan fingerprint density at radius 1 is 1.12 bits per heavy atom. The summed E-state index contributed by atoms with van der Waals surface area (Å²) >= 11 is 10.1. The highest BCUT2D eigenvalue weighted by molar-refractivity contribution is 9.09. The first-order chi connectivity index (χ1) is 8.22. The van der Waals surface area contributed by atoms with Gasteiger partial charge in [-0.05, 0) is 31.2 Å². The first-order valence-electron chi connectivity index (χ1n) is 6.54. The van der Waals surface area contributed by atoms with Crippen molar-refractivity contribution >= 4 is 27.5 Å². The van der Waals surface area contributed by atoms with Crippen LogP contribution in [0.4, 0.5) is 0 Å². The third-order valence-corrected chi connectivity index (χ3v) is 4.22. The van der Waals surface area contributed by atoms with E-state index in [1.807, 2.05) is 6.07 Å². The van der Waals surface area contributed by atoms with Gasteiger partial charge in [0.15, 0.2) is 0 Å². The van der Waals surface area contributed by atoms with Crippen molar-refractivity contribution < 1.29 is 0 Å². The summed E-state index contributed by atoms with van der Waals surface area (Å²) in [6.45, 7) is 2.23. The summed E-state index contributed by atoms with van der Waals surface area (Å²) in [6, 6.07) is 10.5. The largest absolute Gasteiger partial charge is 0.123 e. The van der Waals surface area contributed by atoms with Gasteiger partial charge in [-0.3, -0.25) is 0 Å². The molecular weight excluding hydrogens is 296 g/mol. The summed E-state index contributed by atoms with van der Waals surface area (Å²) in [7, 11) is 0. The quantitative estimate of drug-likeness (QED) is 0.550. The van der Waals surface area contributed by atoms with Gasteiger partial charge < -0.3 is 0 Å². The van der Waals surface area contributed by atoms with Crippen molar-refractivity contribution in [2.45, 2.75) is 55.7 Å². The van der Waals surface area contributed by atoms with Gasteiger partial charge in [-0.2, -0.15) is 0 Å². The Labute approximate surface area is 119 Å². The molecule has 2 unspecified atom stereocenters. The van der Waals surface area contributed by atoms with Gasteiger partial charge >= 0.3 is 0 Å². The minimum Gasteiger partial charge on any atom is -0.123 e. The molecule has 0 N–H and O–H groups in total. The number of hydrogen-bond acceptors (Lipinski definition) is 0. The molecule has 0 saturated carbocycles. The average Bonchev–Trinajstić information content (AvgIpc) is 2.30. The molecule has 0 aliphatic carbocycles. The van der Waals surface area contributed by atoms with Gasteiger partial charge in [-0.25, -0.2) is 0 Å². The molecule has 0 amide bonds. The fraction of sp³-hybridized carbons (Fsp3) is 0.600. The van der Waals surface area contributed by atoms with Crippen molar-refractivity contribution in [3.63, 3.8) is 0 Å². The molecule has 1 aromatic rings. The number of halogens is 2. The molecule has 0 aliphatic rings. The molecule has 0 aromatic heterocycles. The van der Waals surface area contributed by atoms with Gasteiger partial charge in [0.05, 0.1) is 0 Å². The van der Waals surface area contributed by atoms with Gasteiger partial charge in [0.25, 0.3) is 0 Å². The van der Waals surface area contributed by atoms with E-state index in [-0.39, 0.29) is 5.38 Å². The Kier molecular flexibility index (Phi) is 7.96. The molecule has 96 valence electrons. The normalized spacial score (nSPS) is 14.5. The Bertz CT molecular complexity index is 286. The van der Waals surface area contributed by atoms with Crippen LogP contribution in [0.15, 0.2) is 30.3 Å². The predicted octanol–water partition coefficient (Wildman–Crippen LogP) is 5.57. The zero-order valence-corrected chi connectivity index (χ0v) is 12.9. The standard InChI is InChI=1S/C15H22BrCl/c1-2-7-14(16)10-6-11-15(17)12-13-8-4-3-5-9-13/h3-5,8-9,14-15H,2,6-7,10-12H2,1H3. The molecule has 17 heavy (non-hydrogen) atoms. The van der Waals surface area contributed by atoms with Crippen molar-refractivity contribution in [3.05, 3.63) is 35.9 Å². The van der Waals surface area contributed by atoms with E-state index < -0.39 is 0 Å². The third-order valence-electron chi connectivity index (χ3n) is 2.94. The van der Waals surface area contributed by atoms with Gasteiger partial charge in [0.2, 0.25) is 0 Å². The van der Waals surface area contributed by atoms with E-state index in [9.17, 15) is 0 Å². The Hall–Kier alpha value is -0.0100. The lowest BCUT2D eigenvalue weighted by Gasteiger charge is -2.11. The van der Waals surface area contributed by atoms with E-state index in [0.717, 1.165) is 12.8 Å². The summed E-state index contributed by atoms with van der Waals surface area (Å²) in [5, 5.41) is 0.277. The lowest BCUT2D eigenvalue weighted by molar-refractivity contribution is 0.609. The summed E-state index contributed by atoms with van der Waals surface area (Å²) in [4.78, 5) is 0.674. The SMILES string of the molecule is CCCC(Br)CCCC(Cl)Cc1ccccc1. The van der Waals surface area contributed by atoms with E-state index in [2.05, 4.69) is 47.1 Å². The second-order valence-corrected chi connectivity index (χ2v) is 6.52. The highest BCUT2D eigenvalue weighted by Crippen LogP contribution is 2.19. The molecule has 2 atom stereocenters. The lowest BCUT2D eigenvalue weighted by Crippen LogP contribution is -2.05. The van der Waals surface area contributed by atoms with Gasteiger partial charge in [0, 0.05) is 10.2 Å². The zero-order valence-electron chi connectivity index (χ0n) is 10.5. The van der Waals surface area contributed by atoms with Crippen LogP contribution in [0.3, 0.4) is 0 Å². The van der Waals surface area contributed by atoms with Crippen molar-refractivity contribution in [2.24, 2.45) is 0 Å². The first kappa shape index (κ1) is 15.0. The lowest BCUT2D eigenvalue weighted by atomic mass is 10.0. The molecule has 2 heteroatoms. The van der Waals surface area contributed by atoms with E-state index in [0.29, 0.717) is 4.83 Å². The van der Waals surface area contributed by atoms with Crippen LogP contribution in [-0.4, -0.2) is 10.2 Å². The number of rotatable bonds is 8. The van der Waals surface area contributed by atoms with Crippen molar-refractivity contribution in [1.82, 2.24) is 0 Å². The van der Waals surface area contributed by atoms with E-state index in [1.54, 1.807) is 0 Å². The summed E-state index contributed by atoms with van der Waals surface area (Å²) in [6.07, 6.45) is 7.09. The van der Waals surface area contributed by atoms with Crippen LogP contribution in [0, 0.1) is 0 Å². The molecule has 1 rings (SSSR count). The van der Waals surface area contributed by atoms with Crippen molar-refractivity contribution in [3.8, 4) is 0 Å². The molecule has 0 heterocycles. The highest BCUT2D eigenvalue weighted by Gasteiger charge is 2.08. The van der Waals surface area contributed by atoms with Crippen LogP contribution in [0.5, 0.6) is 0 Å². The third kappa shape index (κ3) is 7.10. The van der Waals surface area contributed by atoms with Crippen LogP contribution < -0.4 is 0 Å². The van der Waals surface area contributed by atoms with Crippen LogP contribution >= 0.6 is 27.5 Å². The maximum atomic E-state index is 6.36. The maximum absolute atomic E-state index is 6.36. The highest BCUT2D eigenvalue weighted by atomic mass is 79.9. The molecule has 0 fully saturated rings. The number of benzene rings is 1. The summed E-state index contributed by atoms with van der Waals surface area (Å²) < 4.78 is 0. The van der Waals surface area contributed by atoms with Gasteiger partial charge in [-0.1, -0.05) is 66.0 Å². The van der Waals surface area contributed by atoms with Crippen LogP contribution in [0.25, 0.3) is 0 Å². The molecular formula is C15H22BrCl. The molecule has 0 spiro atoms. The Morgan fingerprint density at radius 3 is 2.47 bits per heavy atom. The molecule has 0 bridgehead atoms. The summed E-state index contributed by atoms with van der Waals surface area (Å²) in [5.74, 6) is 0. The zero-order chi connectivity index (χ0) is 12.5. The minimum absolute atomic E-state index is 0.277. The topological polar surface area (TPSA) is 0 Å². The fourth-order valence-electron chi connectivity index (χ4n) is 1.99. The number of hydrogen-bond donors (Lipinski definition) is 0. The molecule has 1 aromatic carbocycles. The predicted molar refractivity (Wildman–Crippen MR) is 81.3 cm³/mol. The monoisotopic (exact) mass is 316 g/mol. The van der Waals surface area contributed by atoms with Crippen molar-refractivity contribution in [1.29, 1.82) is 0 Å².